The standard InChI is InChI=1S/C31H38ClN3O4S/c1-6-7-18-33-31(37)25(5)34(20-26-13-8-22(2)9-14-26)30(36)21-35(29-19-27(32)15-12-24(29)4)40(38,39)28-16-10-23(3)11-17-28/h8-17,19,25H,6-7,18,20-21H2,1-5H3,(H,33,37)/t25-/m0/s1. The first-order valence-electron chi connectivity index (χ1n) is 13.4. The molecule has 0 unspecified atom stereocenters. The van der Waals surface area contributed by atoms with E-state index in [1.54, 1.807) is 44.2 Å². The molecule has 3 rings (SSSR count). The van der Waals surface area contributed by atoms with Crippen LogP contribution in [0.1, 0.15) is 48.9 Å². The van der Waals surface area contributed by atoms with Crippen LogP contribution in [-0.4, -0.2) is 44.3 Å². The number of carbonyl (C=O) groups excluding carboxylic acids is 2. The number of sulfonamides is 1. The Morgan fingerprint density at radius 3 is 2.12 bits per heavy atom. The first-order chi connectivity index (χ1) is 18.9. The van der Waals surface area contributed by atoms with Crippen LogP contribution in [0.2, 0.25) is 5.02 Å². The molecule has 7 nitrogen and oxygen atoms in total. The lowest BCUT2D eigenvalue weighted by molar-refractivity contribution is -0.139. The molecule has 40 heavy (non-hydrogen) atoms. The Labute approximate surface area is 243 Å². The Bertz CT molecular complexity index is 1420. The summed E-state index contributed by atoms with van der Waals surface area (Å²) in [5, 5.41) is 3.24. The zero-order chi connectivity index (χ0) is 29.4. The second-order valence-corrected chi connectivity index (χ2v) is 12.4. The molecule has 2 amide bonds. The predicted octanol–water partition coefficient (Wildman–Crippen LogP) is 5.79. The van der Waals surface area contributed by atoms with Gasteiger partial charge in [-0.25, -0.2) is 8.42 Å². The largest absolute Gasteiger partial charge is 0.354 e. The summed E-state index contributed by atoms with van der Waals surface area (Å²) in [5.74, 6) is -0.797. The maximum atomic E-state index is 14.0. The van der Waals surface area contributed by atoms with Gasteiger partial charge in [-0.2, -0.15) is 0 Å². The van der Waals surface area contributed by atoms with Crippen molar-refractivity contribution in [2.45, 2.75) is 64.9 Å². The van der Waals surface area contributed by atoms with Crippen LogP contribution in [0.15, 0.2) is 71.6 Å². The lowest BCUT2D eigenvalue weighted by Gasteiger charge is -2.32. The molecule has 0 fully saturated rings. The highest BCUT2D eigenvalue weighted by Crippen LogP contribution is 2.30. The smallest absolute Gasteiger partial charge is 0.264 e. The van der Waals surface area contributed by atoms with Crippen LogP contribution < -0.4 is 9.62 Å². The number of carbonyl (C=O) groups is 2. The molecule has 1 atom stereocenters. The number of aryl methyl sites for hydroxylation is 3. The first-order valence-corrected chi connectivity index (χ1v) is 15.2. The van der Waals surface area contributed by atoms with Gasteiger partial charge in [-0.15, -0.1) is 0 Å². The highest BCUT2D eigenvalue weighted by atomic mass is 35.5. The summed E-state index contributed by atoms with van der Waals surface area (Å²) in [4.78, 5) is 28.6. The summed E-state index contributed by atoms with van der Waals surface area (Å²) < 4.78 is 29.0. The van der Waals surface area contributed by atoms with Gasteiger partial charge in [0.1, 0.15) is 12.6 Å². The highest BCUT2D eigenvalue weighted by molar-refractivity contribution is 7.92. The van der Waals surface area contributed by atoms with Crippen molar-refractivity contribution in [2.24, 2.45) is 0 Å². The summed E-state index contributed by atoms with van der Waals surface area (Å²) in [6, 6.07) is 18.3. The van der Waals surface area contributed by atoms with Crippen LogP contribution in [0.5, 0.6) is 0 Å². The zero-order valence-electron chi connectivity index (χ0n) is 23.8. The summed E-state index contributed by atoms with van der Waals surface area (Å²) in [5.41, 5.74) is 3.76. The van der Waals surface area contributed by atoms with Crippen LogP contribution in [-0.2, 0) is 26.2 Å². The molecule has 0 bridgehead atoms. The number of amides is 2. The number of benzene rings is 3. The van der Waals surface area contributed by atoms with Crippen LogP contribution in [0.4, 0.5) is 5.69 Å². The number of nitrogens with one attached hydrogen (secondary N) is 1. The number of halogens is 1. The third-order valence-corrected chi connectivity index (χ3v) is 8.81. The summed E-state index contributed by atoms with van der Waals surface area (Å²) in [6.07, 6.45) is 1.74. The van der Waals surface area contributed by atoms with Crippen molar-refractivity contribution < 1.29 is 18.0 Å². The molecule has 0 aliphatic rings. The Hall–Kier alpha value is -3.36. The van der Waals surface area contributed by atoms with Gasteiger partial charge < -0.3 is 10.2 Å². The molecule has 3 aromatic rings. The minimum Gasteiger partial charge on any atom is -0.354 e. The van der Waals surface area contributed by atoms with E-state index in [2.05, 4.69) is 5.32 Å². The molecule has 214 valence electrons. The SMILES string of the molecule is CCCCNC(=O)[C@H](C)N(Cc1ccc(C)cc1)C(=O)CN(c1cc(Cl)ccc1C)S(=O)(=O)c1ccc(C)cc1. The molecule has 0 aromatic heterocycles. The molecule has 1 N–H and O–H groups in total. The van der Waals surface area contributed by atoms with Gasteiger partial charge in [0.05, 0.1) is 10.6 Å². The molecule has 3 aromatic carbocycles. The Morgan fingerprint density at radius 1 is 0.925 bits per heavy atom. The second-order valence-electron chi connectivity index (χ2n) is 10.1. The summed E-state index contributed by atoms with van der Waals surface area (Å²) in [7, 11) is -4.15. The summed E-state index contributed by atoms with van der Waals surface area (Å²) >= 11 is 6.28. The second kappa shape index (κ2) is 13.8. The highest BCUT2D eigenvalue weighted by Gasteiger charge is 2.33. The molecule has 0 aliphatic carbocycles. The van der Waals surface area contributed by atoms with Crippen LogP contribution in [0, 0.1) is 20.8 Å². The fourth-order valence-electron chi connectivity index (χ4n) is 4.21. The molecule has 0 heterocycles. The van der Waals surface area contributed by atoms with Gasteiger partial charge in [0.15, 0.2) is 0 Å². The first kappa shape index (κ1) is 31.2. The monoisotopic (exact) mass is 583 g/mol. The van der Waals surface area contributed by atoms with Gasteiger partial charge in [0, 0.05) is 18.1 Å². The van der Waals surface area contributed by atoms with E-state index in [0.29, 0.717) is 22.8 Å². The van der Waals surface area contributed by atoms with Gasteiger partial charge >= 0.3 is 0 Å². The van der Waals surface area contributed by atoms with E-state index in [9.17, 15) is 18.0 Å². The van der Waals surface area contributed by atoms with E-state index in [1.807, 2.05) is 45.0 Å². The Balaban J connectivity index is 2.04. The number of hydrogen-bond acceptors (Lipinski definition) is 4. The fraction of sp³-hybridized carbons (Fsp3) is 0.355. The zero-order valence-corrected chi connectivity index (χ0v) is 25.3. The van der Waals surface area contributed by atoms with E-state index < -0.39 is 28.5 Å². The van der Waals surface area contributed by atoms with Crippen molar-refractivity contribution in [3.8, 4) is 0 Å². The van der Waals surface area contributed by atoms with E-state index in [1.165, 1.54) is 17.0 Å². The van der Waals surface area contributed by atoms with Crippen molar-refractivity contribution >= 4 is 39.1 Å². The van der Waals surface area contributed by atoms with Crippen molar-refractivity contribution in [3.05, 3.63) is 94.0 Å². The number of rotatable bonds is 12. The van der Waals surface area contributed by atoms with Crippen molar-refractivity contribution in [1.82, 2.24) is 10.2 Å². The van der Waals surface area contributed by atoms with E-state index >= 15 is 0 Å². The maximum Gasteiger partial charge on any atom is 0.264 e. The van der Waals surface area contributed by atoms with E-state index in [-0.39, 0.29) is 17.3 Å². The molecule has 0 aliphatic heterocycles. The van der Waals surface area contributed by atoms with Crippen LogP contribution in [0.3, 0.4) is 0 Å². The number of hydrogen-bond donors (Lipinski definition) is 1. The fourth-order valence-corrected chi connectivity index (χ4v) is 5.85. The van der Waals surface area contributed by atoms with E-state index in [0.717, 1.165) is 33.8 Å². The van der Waals surface area contributed by atoms with E-state index in [4.69, 9.17) is 11.6 Å². The van der Waals surface area contributed by atoms with Gasteiger partial charge in [-0.1, -0.05) is 78.5 Å². The number of anilines is 1. The van der Waals surface area contributed by atoms with Gasteiger partial charge in [0.2, 0.25) is 11.8 Å². The molecule has 0 radical (unpaired) electrons. The number of nitrogens with zero attached hydrogens (tertiary/aromatic N) is 2. The molecule has 0 spiro atoms. The molecular weight excluding hydrogens is 546 g/mol. The third-order valence-electron chi connectivity index (χ3n) is 6.80. The van der Waals surface area contributed by atoms with Gasteiger partial charge in [0.25, 0.3) is 10.0 Å². The topological polar surface area (TPSA) is 86.8 Å². The average molecular weight is 584 g/mol. The van der Waals surface area contributed by atoms with Crippen molar-refractivity contribution in [2.75, 3.05) is 17.4 Å². The third kappa shape index (κ3) is 7.86. The van der Waals surface area contributed by atoms with Crippen molar-refractivity contribution in [1.29, 1.82) is 0 Å². The van der Waals surface area contributed by atoms with Gasteiger partial charge in [-0.3, -0.25) is 13.9 Å². The normalized spacial score (nSPS) is 12.1. The lowest BCUT2D eigenvalue weighted by Crippen LogP contribution is -2.51. The predicted molar refractivity (Wildman–Crippen MR) is 161 cm³/mol. The van der Waals surface area contributed by atoms with Crippen LogP contribution in [0.25, 0.3) is 0 Å². The quantitative estimate of drug-likeness (QED) is 0.273. The lowest BCUT2D eigenvalue weighted by atomic mass is 10.1. The molecule has 0 saturated heterocycles. The Kier molecular flexibility index (Phi) is 10.8. The maximum absolute atomic E-state index is 14.0. The minimum absolute atomic E-state index is 0.0562. The van der Waals surface area contributed by atoms with Crippen molar-refractivity contribution in [3.63, 3.8) is 0 Å². The average Bonchev–Trinajstić information content (AvgIpc) is 2.92. The van der Waals surface area contributed by atoms with Gasteiger partial charge in [-0.05, 0) is 69.5 Å². The Morgan fingerprint density at radius 2 is 1.52 bits per heavy atom. The molecule has 9 heteroatoms. The molecule has 0 saturated carbocycles. The van der Waals surface area contributed by atoms with Crippen LogP contribution >= 0.6 is 11.6 Å². The minimum atomic E-state index is -4.15. The summed E-state index contributed by atoms with van der Waals surface area (Å²) in [6.45, 7) is 9.45. The molecular formula is C31H38ClN3O4S. The number of unbranched alkanes of at least 4 members (excludes halogenated alkanes) is 1.